The minimum Gasteiger partial charge on any atom is -0.346 e. The molecule has 0 spiro atoms. The molecule has 162 valence electrons. The Bertz CT molecular complexity index is 636. The second-order valence-corrected chi connectivity index (χ2v) is 7.32. The molecular weight excluding hydrogens is 368 g/mol. The molecule has 0 saturated carbocycles. The fraction of sp³-hybridized carbons (Fsp3) is 0.591. The van der Waals surface area contributed by atoms with Gasteiger partial charge in [-0.15, -0.1) is 0 Å². The summed E-state index contributed by atoms with van der Waals surface area (Å²) in [6.07, 6.45) is 2.81. The summed E-state index contributed by atoms with van der Waals surface area (Å²) in [6, 6.07) is 8.84. The van der Waals surface area contributed by atoms with E-state index in [0.29, 0.717) is 25.9 Å². The average Bonchev–Trinajstić information content (AvgIpc) is 2.73. The lowest BCUT2D eigenvalue weighted by Gasteiger charge is -2.26. The molecule has 0 aliphatic carbocycles. The molecule has 0 saturated heterocycles. The highest BCUT2D eigenvalue weighted by molar-refractivity contribution is 5.91. The van der Waals surface area contributed by atoms with Gasteiger partial charge in [0.25, 0.3) is 0 Å². The second kappa shape index (κ2) is 13.8. The minimum absolute atomic E-state index is 0.0217. The first-order chi connectivity index (χ1) is 13.9. The van der Waals surface area contributed by atoms with Gasteiger partial charge in [0.05, 0.1) is 19.0 Å². The van der Waals surface area contributed by atoms with Crippen LogP contribution < -0.4 is 11.1 Å². The van der Waals surface area contributed by atoms with E-state index in [1.807, 2.05) is 37.4 Å². The van der Waals surface area contributed by atoms with Crippen LogP contribution in [0.4, 0.5) is 0 Å². The molecular formula is C22H36N4O3. The van der Waals surface area contributed by atoms with Crippen molar-refractivity contribution in [1.29, 1.82) is 0 Å². The van der Waals surface area contributed by atoms with Crippen molar-refractivity contribution >= 4 is 17.6 Å². The Kier molecular flexibility index (Phi) is 11.8. The molecule has 7 heteroatoms. The van der Waals surface area contributed by atoms with Crippen molar-refractivity contribution in [3.8, 4) is 0 Å². The Morgan fingerprint density at radius 1 is 1.10 bits per heavy atom. The molecule has 2 amide bonds. The van der Waals surface area contributed by atoms with Crippen LogP contribution in [-0.2, 0) is 20.8 Å². The van der Waals surface area contributed by atoms with Crippen LogP contribution in [0.25, 0.3) is 0 Å². The molecule has 29 heavy (non-hydrogen) atoms. The van der Waals surface area contributed by atoms with E-state index in [2.05, 4.69) is 5.32 Å². The van der Waals surface area contributed by atoms with Gasteiger partial charge in [0.2, 0.25) is 11.8 Å². The number of nitrogens with two attached hydrogens (primary N) is 1. The first-order valence-electron chi connectivity index (χ1n) is 10.4. The van der Waals surface area contributed by atoms with E-state index >= 15 is 0 Å². The quantitative estimate of drug-likeness (QED) is 0.455. The molecule has 0 unspecified atom stereocenters. The van der Waals surface area contributed by atoms with Crippen molar-refractivity contribution in [1.82, 2.24) is 15.1 Å². The van der Waals surface area contributed by atoms with Crippen molar-refractivity contribution in [3.63, 3.8) is 0 Å². The van der Waals surface area contributed by atoms with Gasteiger partial charge in [0, 0.05) is 26.6 Å². The summed E-state index contributed by atoms with van der Waals surface area (Å²) in [5.74, 6) is -0.522. The average molecular weight is 405 g/mol. The van der Waals surface area contributed by atoms with Gasteiger partial charge in [0.1, 0.15) is 0 Å². The van der Waals surface area contributed by atoms with Crippen LogP contribution >= 0.6 is 0 Å². The number of carbonyl (C=O) groups excluding carboxylic acids is 3. The maximum atomic E-state index is 12.8. The highest BCUT2D eigenvalue weighted by atomic mass is 16.2. The Morgan fingerprint density at radius 2 is 1.79 bits per heavy atom. The van der Waals surface area contributed by atoms with Gasteiger partial charge in [-0.3, -0.25) is 14.4 Å². The van der Waals surface area contributed by atoms with Gasteiger partial charge in [0.15, 0.2) is 5.78 Å². The van der Waals surface area contributed by atoms with Crippen LogP contribution in [-0.4, -0.2) is 73.7 Å². The molecule has 0 bridgehead atoms. The van der Waals surface area contributed by atoms with Crippen LogP contribution in [0.2, 0.25) is 0 Å². The third kappa shape index (κ3) is 9.67. The Morgan fingerprint density at radius 3 is 2.41 bits per heavy atom. The van der Waals surface area contributed by atoms with Gasteiger partial charge < -0.3 is 20.9 Å². The molecule has 0 radical (unpaired) electrons. The molecule has 0 fully saturated rings. The Balaban J connectivity index is 2.63. The zero-order chi connectivity index (χ0) is 21.6. The molecule has 0 heterocycles. The lowest BCUT2D eigenvalue weighted by Crippen LogP contribution is -2.48. The molecule has 0 aliphatic heterocycles. The second-order valence-electron chi connectivity index (χ2n) is 7.32. The minimum atomic E-state index is -0.942. The molecule has 3 N–H and O–H groups in total. The summed E-state index contributed by atoms with van der Waals surface area (Å²) in [4.78, 5) is 40.3. The molecule has 7 nitrogen and oxygen atoms in total. The molecule has 0 aliphatic rings. The summed E-state index contributed by atoms with van der Waals surface area (Å²) in [7, 11) is 3.62. The predicted octanol–water partition coefficient (Wildman–Crippen LogP) is 1.21. The number of unbranched alkanes of at least 4 members (excludes halogenated alkanes) is 1. The fourth-order valence-corrected chi connectivity index (χ4v) is 2.94. The van der Waals surface area contributed by atoms with Crippen LogP contribution in [0.3, 0.4) is 0 Å². The first kappa shape index (κ1) is 24.8. The van der Waals surface area contributed by atoms with Crippen molar-refractivity contribution in [2.24, 2.45) is 5.73 Å². The van der Waals surface area contributed by atoms with E-state index < -0.39 is 6.04 Å². The number of hydrogen-bond acceptors (Lipinski definition) is 5. The van der Waals surface area contributed by atoms with E-state index in [-0.39, 0.29) is 30.6 Å². The van der Waals surface area contributed by atoms with Crippen LogP contribution in [0.5, 0.6) is 0 Å². The van der Waals surface area contributed by atoms with Crippen molar-refractivity contribution < 1.29 is 14.4 Å². The summed E-state index contributed by atoms with van der Waals surface area (Å²) < 4.78 is 0. The number of Topliss-reactive ketones (excluding diaryl/α,β-unsaturated/α-hetero) is 1. The molecule has 0 aromatic heterocycles. The molecule has 1 aromatic rings. The standard InChI is InChI=1S/C22H36N4O3/c1-4-19(27)17-26(15-12-18-10-6-5-7-11-18)22(29)20(23)16-21(28)25(3)14-9-8-13-24-2/h5-7,10-11,20,24H,4,8-9,12-17,23H2,1-3H3/t20-/m1/s1. The Hall–Kier alpha value is -2.25. The number of amides is 2. The number of ketones is 1. The first-order valence-corrected chi connectivity index (χ1v) is 10.4. The zero-order valence-electron chi connectivity index (χ0n) is 18.0. The van der Waals surface area contributed by atoms with Crippen LogP contribution in [0, 0.1) is 0 Å². The third-order valence-electron chi connectivity index (χ3n) is 4.89. The summed E-state index contributed by atoms with van der Waals surface area (Å²) in [5.41, 5.74) is 7.14. The number of carbonyl (C=O) groups is 3. The topological polar surface area (TPSA) is 95.7 Å². The van der Waals surface area contributed by atoms with Gasteiger partial charge in [-0.25, -0.2) is 0 Å². The summed E-state index contributed by atoms with van der Waals surface area (Å²) >= 11 is 0. The largest absolute Gasteiger partial charge is 0.346 e. The maximum Gasteiger partial charge on any atom is 0.240 e. The highest BCUT2D eigenvalue weighted by Gasteiger charge is 2.25. The van der Waals surface area contributed by atoms with Crippen LogP contribution in [0.15, 0.2) is 30.3 Å². The molecule has 1 rings (SSSR count). The van der Waals surface area contributed by atoms with Gasteiger partial charge in [-0.1, -0.05) is 37.3 Å². The lowest BCUT2D eigenvalue weighted by atomic mass is 10.1. The maximum absolute atomic E-state index is 12.8. The number of rotatable bonds is 14. The van der Waals surface area contributed by atoms with Crippen molar-refractivity contribution in [2.75, 3.05) is 40.3 Å². The van der Waals surface area contributed by atoms with E-state index in [4.69, 9.17) is 5.73 Å². The van der Waals surface area contributed by atoms with E-state index in [0.717, 1.165) is 24.9 Å². The fourth-order valence-electron chi connectivity index (χ4n) is 2.94. The predicted molar refractivity (Wildman–Crippen MR) is 115 cm³/mol. The third-order valence-corrected chi connectivity index (χ3v) is 4.89. The molecule has 1 atom stereocenters. The van der Waals surface area contributed by atoms with Crippen molar-refractivity contribution in [2.45, 2.75) is 45.1 Å². The Labute approximate surface area is 174 Å². The van der Waals surface area contributed by atoms with Crippen molar-refractivity contribution in [3.05, 3.63) is 35.9 Å². The number of benzene rings is 1. The monoisotopic (exact) mass is 404 g/mol. The van der Waals surface area contributed by atoms with E-state index in [1.54, 1.807) is 18.9 Å². The number of nitrogens with one attached hydrogen (secondary N) is 1. The van der Waals surface area contributed by atoms with Crippen LogP contribution in [0.1, 0.15) is 38.2 Å². The van der Waals surface area contributed by atoms with Gasteiger partial charge in [-0.05, 0) is 38.4 Å². The number of hydrogen-bond donors (Lipinski definition) is 2. The number of nitrogens with zero attached hydrogens (tertiary/aromatic N) is 2. The normalized spacial score (nSPS) is 11.7. The smallest absolute Gasteiger partial charge is 0.240 e. The SMILES string of the molecule is CCC(=O)CN(CCc1ccccc1)C(=O)[C@H](N)CC(=O)N(C)CCCCNC. The highest BCUT2D eigenvalue weighted by Crippen LogP contribution is 2.06. The van der Waals surface area contributed by atoms with Gasteiger partial charge >= 0.3 is 0 Å². The summed E-state index contributed by atoms with van der Waals surface area (Å²) in [6.45, 7) is 3.74. The van der Waals surface area contributed by atoms with E-state index in [9.17, 15) is 14.4 Å². The van der Waals surface area contributed by atoms with Gasteiger partial charge in [-0.2, -0.15) is 0 Å². The molecule has 1 aromatic carbocycles. The van der Waals surface area contributed by atoms with E-state index in [1.165, 1.54) is 4.90 Å². The summed E-state index contributed by atoms with van der Waals surface area (Å²) in [5, 5.41) is 3.07. The zero-order valence-corrected chi connectivity index (χ0v) is 18.0. The lowest BCUT2D eigenvalue weighted by molar-refractivity contribution is -0.139.